The van der Waals surface area contributed by atoms with Crippen LogP contribution >= 0.6 is 35.0 Å². The van der Waals surface area contributed by atoms with Gasteiger partial charge in [-0.1, -0.05) is 41.4 Å². The van der Waals surface area contributed by atoms with Crippen LogP contribution in [-0.2, 0) is 16.2 Å². The Labute approximate surface area is 232 Å². The van der Waals surface area contributed by atoms with Gasteiger partial charge < -0.3 is 14.8 Å². The van der Waals surface area contributed by atoms with Crippen LogP contribution in [0.15, 0.2) is 59.5 Å². The molecule has 0 atom stereocenters. The number of nitrogens with one attached hydrogen (secondary N) is 1. The first-order valence-corrected chi connectivity index (χ1v) is 12.8. The summed E-state index contributed by atoms with van der Waals surface area (Å²) in [5, 5.41) is 2.77. The molecule has 4 rings (SSSR count). The normalized spacial score (nSPS) is 14.2. The lowest BCUT2D eigenvalue weighted by molar-refractivity contribution is -0.127. The third-order valence-electron chi connectivity index (χ3n) is 5.55. The average Bonchev–Trinajstić information content (AvgIpc) is 3.13. The fourth-order valence-electron chi connectivity index (χ4n) is 3.52. The van der Waals surface area contributed by atoms with Crippen LogP contribution in [0, 0.1) is 12.7 Å². The molecule has 3 aromatic carbocycles. The molecule has 0 aromatic heterocycles. The maximum atomic E-state index is 14.1. The van der Waals surface area contributed by atoms with Crippen LogP contribution in [0.3, 0.4) is 0 Å². The number of methoxy groups -OCH3 is 1. The second-order valence-corrected chi connectivity index (χ2v) is 9.99. The third kappa shape index (κ3) is 6.30. The monoisotopic (exact) mass is 574 g/mol. The Morgan fingerprint density at radius 1 is 1.08 bits per heavy atom. The lowest BCUT2D eigenvalue weighted by atomic mass is 10.1. The quantitative estimate of drug-likeness (QED) is 0.301. The molecule has 196 valence electrons. The highest BCUT2D eigenvalue weighted by atomic mass is 35.5. The molecule has 1 fully saturated rings. The number of benzene rings is 3. The minimum absolute atomic E-state index is 0.134. The number of amides is 3. The number of anilines is 1. The molecule has 0 saturated carbocycles. The van der Waals surface area contributed by atoms with Gasteiger partial charge in [-0.3, -0.25) is 19.3 Å². The summed E-state index contributed by atoms with van der Waals surface area (Å²) in [6.45, 7) is 1.23. The van der Waals surface area contributed by atoms with E-state index < -0.39 is 29.4 Å². The van der Waals surface area contributed by atoms with E-state index in [4.69, 9.17) is 32.7 Å². The van der Waals surface area contributed by atoms with Crippen LogP contribution in [0.5, 0.6) is 11.5 Å². The summed E-state index contributed by atoms with van der Waals surface area (Å²) in [6.07, 6.45) is 1.50. The lowest BCUT2D eigenvalue weighted by Crippen LogP contribution is -2.36. The molecule has 3 amide bonds. The molecule has 1 aliphatic heterocycles. The van der Waals surface area contributed by atoms with E-state index in [-0.39, 0.29) is 27.8 Å². The standard InChI is InChI=1S/C27H21Cl2FN2O5S/c1-15-6-8-17(12-20(15)29)31-25(33)13-32-26(34)24(38-27(32)35)11-16-7-9-22(36-2)23(10-16)37-14-18-19(28)4-3-5-21(18)30/h3-12H,13-14H2,1-2H3,(H,31,33)/b24-11+. The van der Waals surface area contributed by atoms with Crippen molar-refractivity contribution in [1.29, 1.82) is 0 Å². The summed E-state index contributed by atoms with van der Waals surface area (Å²) in [4.78, 5) is 38.9. The predicted molar refractivity (Wildman–Crippen MR) is 146 cm³/mol. The Bertz CT molecular complexity index is 1440. The van der Waals surface area contributed by atoms with Gasteiger partial charge in [0.1, 0.15) is 19.0 Å². The zero-order valence-electron chi connectivity index (χ0n) is 20.2. The van der Waals surface area contributed by atoms with Crippen LogP contribution in [0.1, 0.15) is 16.7 Å². The van der Waals surface area contributed by atoms with Crippen molar-refractivity contribution in [2.24, 2.45) is 0 Å². The largest absolute Gasteiger partial charge is 0.493 e. The summed E-state index contributed by atoms with van der Waals surface area (Å²) in [7, 11) is 1.46. The number of ether oxygens (including phenoxy) is 2. The number of hydrogen-bond acceptors (Lipinski definition) is 6. The topological polar surface area (TPSA) is 84.9 Å². The number of carbonyl (C=O) groups is 3. The molecule has 3 aromatic rings. The summed E-state index contributed by atoms with van der Waals surface area (Å²) < 4.78 is 25.2. The number of rotatable bonds is 8. The minimum atomic E-state index is -0.603. The summed E-state index contributed by atoms with van der Waals surface area (Å²) in [5.41, 5.74) is 2.03. The van der Waals surface area contributed by atoms with Crippen molar-refractivity contribution in [3.63, 3.8) is 0 Å². The molecule has 0 bridgehead atoms. The number of thioether (sulfide) groups is 1. The van der Waals surface area contributed by atoms with Gasteiger partial charge in [0.15, 0.2) is 11.5 Å². The van der Waals surface area contributed by atoms with Crippen LogP contribution in [0.4, 0.5) is 14.9 Å². The van der Waals surface area contributed by atoms with E-state index in [1.54, 1.807) is 42.5 Å². The van der Waals surface area contributed by atoms with Gasteiger partial charge in [0.2, 0.25) is 5.91 Å². The molecular weight excluding hydrogens is 554 g/mol. The van der Waals surface area contributed by atoms with Crippen molar-refractivity contribution < 1.29 is 28.2 Å². The average molecular weight is 575 g/mol. The number of imide groups is 1. The van der Waals surface area contributed by atoms with Crippen molar-refractivity contribution in [2.45, 2.75) is 13.5 Å². The van der Waals surface area contributed by atoms with Gasteiger partial charge in [0, 0.05) is 16.3 Å². The van der Waals surface area contributed by atoms with Crippen molar-refractivity contribution in [3.8, 4) is 11.5 Å². The summed E-state index contributed by atoms with van der Waals surface area (Å²) >= 11 is 12.9. The van der Waals surface area contributed by atoms with E-state index in [9.17, 15) is 18.8 Å². The fraction of sp³-hybridized carbons (Fsp3) is 0.148. The van der Waals surface area contributed by atoms with Gasteiger partial charge >= 0.3 is 0 Å². The highest BCUT2D eigenvalue weighted by molar-refractivity contribution is 8.18. The molecule has 38 heavy (non-hydrogen) atoms. The Balaban J connectivity index is 1.47. The van der Waals surface area contributed by atoms with Crippen molar-refractivity contribution in [2.75, 3.05) is 19.0 Å². The molecule has 0 aliphatic carbocycles. The van der Waals surface area contributed by atoms with Gasteiger partial charge in [0.25, 0.3) is 11.1 Å². The molecular formula is C27H21Cl2FN2O5S. The Kier molecular flexibility index (Phi) is 8.61. The molecule has 11 heteroatoms. The van der Waals surface area contributed by atoms with E-state index in [1.807, 2.05) is 6.92 Å². The van der Waals surface area contributed by atoms with Crippen LogP contribution < -0.4 is 14.8 Å². The summed E-state index contributed by atoms with van der Waals surface area (Å²) in [6, 6.07) is 14.2. The van der Waals surface area contributed by atoms with Crippen LogP contribution in [0.2, 0.25) is 10.0 Å². The molecule has 0 spiro atoms. The van der Waals surface area contributed by atoms with Gasteiger partial charge in [-0.05, 0) is 72.3 Å². The molecule has 0 unspecified atom stereocenters. The second-order valence-electron chi connectivity index (χ2n) is 8.18. The zero-order valence-corrected chi connectivity index (χ0v) is 22.5. The first kappa shape index (κ1) is 27.5. The van der Waals surface area contributed by atoms with Gasteiger partial charge in [-0.15, -0.1) is 0 Å². The van der Waals surface area contributed by atoms with Crippen molar-refractivity contribution >= 4 is 63.8 Å². The van der Waals surface area contributed by atoms with Gasteiger partial charge in [0.05, 0.1) is 17.0 Å². The Morgan fingerprint density at radius 2 is 1.87 bits per heavy atom. The maximum Gasteiger partial charge on any atom is 0.294 e. The first-order valence-electron chi connectivity index (χ1n) is 11.2. The van der Waals surface area contributed by atoms with Gasteiger partial charge in [-0.25, -0.2) is 4.39 Å². The van der Waals surface area contributed by atoms with E-state index >= 15 is 0 Å². The SMILES string of the molecule is COc1ccc(/C=C2/SC(=O)N(CC(=O)Nc3ccc(C)c(Cl)c3)C2=O)cc1OCc1c(F)cccc1Cl. The second kappa shape index (κ2) is 11.9. The molecule has 7 nitrogen and oxygen atoms in total. The van der Waals surface area contributed by atoms with E-state index in [0.717, 1.165) is 22.2 Å². The van der Waals surface area contributed by atoms with Crippen LogP contribution in [-0.4, -0.2) is 35.6 Å². The maximum absolute atomic E-state index is 14.1. The Morgan fingerprint density at radius 3 is 2.58 bits per heavy atom. The van der Waals surface area contributed by atoms with E-state index in [2.05, 4.69) is 5.32 Å². The molecule has 1 heterocycles. The van der Waals surface area contributed by atoms with Gasteiger partial charge in [-0.2, -0.15) is 0 Å². The van der Waals surface area contributed by atoms with E-state index in [0.29, 0.717) is 22.0 Å². The fourth-order valence-corrected chi connectivity index (χ4v) is 4.75. The number of carbonyl (C=O) groups excluding carboxylic acids is 3. The molecule has 1 aliphatic rings. The van der Waals surface area contributed by atoms with Crippen LogP contribution in [0.25, 0.3) is 6.08 Å². The third-order valence-corrected chi connectivity index (χ3v) is 7.22. The number of halogens is 3. The van der Waals surface area contributed by atoms with E-state index in [1.165, 1.54) is 25.3 Å². The highest BCUT2D eigenvalue weighted by Gasteiger charge is 2.36. The molecule has 1 saturated heterocycles. The number of hydrogen-bond donors (Lipinski definition) is 1. The first-order chi connectivity index (χ1) is 18.2. The van der Waals surface area contributed by atoms with Crippen molar-refractivity contribution in [3.05, 3.63) is 92.1 Å². The lowest BCUT2D eigenvalue weighted by Gasteiger charge is -2.13. The highest BCUT2D eigenvalue weighted by Crippen LogP contribution is 2.35. The molecule has 0 radical (unpaired) electrons. The van der Waals surface area contributed by atoms with Crippen molar-refractivity contribution in [1.82, 2.24) is 4.90 Å². The Hall–Kier alpha value is -3.53. The molecule has 1 N–H and O–H groups in total. The summed E-state index contributed by atoms with van der Waals surface area (Å²) in [5.74, 6) is -0.976. The minimum Gasteiger partial charge on any atom is -0.493 e. The number of aryl methyl sites for hydroxylation is 1. The zero-order chi connectivity index (χ0) is 27.4. The predicted octanol–water partition coefficient (Wildman–Crippen LogP) is 6.70. The number of nitrogens with zero attached hydrogens (tertiary/aromatic N) is 1. The smallest absolute Gasteiger partial charge is 0.294 e.